The molecule has 2 heterocycles. The third-order valence-corrected chi connectivity index (χ3v) is 7.88. The van der Waals surface area contributed by atoms with E-state index in [1.54, 1.807) is 6.20 Å². The van der Waals surface area contributed by atoms with Gasteiger partial charge in [0.1, 0.15) is 11.8 Å². The van der Waals surface area contributed by atoms with Crippen molar-refractivity contribution < 1.29 is 28.8 Å². The molecular weight excluding hydrogens is 566 g/mol. The van der Waals surface area contributed by atoms with Crippen LogP contribution in [0.25, 0.3) is 10.9 Å². The van der Waals surface area contributed by atoms with Crippen LogP contribution in [0.1, 0.15) is 57.7 Å². The highest BCUT2D eigenvalue weighted by Crippen LogP contribution is 2.24. The minimum atomic E-state index is -1.36. The van der Waals surface area contributed by atoms with Gasteiger partial charge >= 0.3 is 0 Å². The average molecular weight is 608 g/mol. The zero-order valence-electron chi connectivity index (χ0n) is 25.2. The van der Waals surface area contributed by atoms with Crippen molar-refractivity contribution in [2.24, 2.45) is 29.2 Å². The van der Waals surface area contributed by atoms with E-state index in [0.29, 0.717) is 12.1 Å². The number of fused-ring (bicyclic) bond motifs is 1. The molecule has 0 radical (unpaired) electrons. The van der Waals surface area contributed by atoms with Crippen molar-refractivity contribution in [3.63, 3.8) is 0 Å². The lowest BCUT2D eigenvalue weighted by atomic mass is 9.86. The van der Waals surface area contributed by atoms with Crippen LogP contribution in [-0.2, 0) is 41.6 Å². The molecular formula is C31H41N7O6. The van der Waals surface area contributed by atoms with E-state index in [9.17, 15) is 28.8 Å². The Morgan fingerprint density at radius 2 is 1.61 bits per heavy atom. The zero-order chi connectivity index (χ0) is 32.4. The topological polar surface area (TPSA) is 223 Å². The fourth-order valence-corrected chi connectivity index (χ4v) is 5.21. The number of carbonyl (C=O) groups excluding carboxylic acids is 6. The van der Waals surface area contributed by atoms with Crippen molar-refractivity contribution in [2.45, 2.75) is 71.4 Å². The molecule has 1 aromatic carbocycles. The Balaban J connectivity index is 1.92. The first kappa shape index (κ1) is 33.7. The van der Waals surface area contributed by atoms with Gasteiger partial charge < -0.3 is 36.9 Å². The molecule has 236 valence electrons. The van der Waals surface area contributed by atoms with Crippen molar-refractivity contribution in [3.05, 3.63) is 54.2 Å². The van der Waals surface area contributed by atoms with E-state index in [0.717, 1.165) is 16.5 Å². The number of para-hydroxylation sites is 1. The summed E-state index contributed by atoms with van der Waals surface area (Å²) in [4.78, 5) is 86.5. The van der Waals surface area contributed by atoms with Crippen LogP contribution in [0.4, 0.5) is 0 Å². The van der Waals surface area contributed by atoms with Crippen LogP contribution >= 0.6 is 0 Å². The zero-order valence-corrected chi connectivity index (χ0v) is 25.2. The van der Waals surface area contributed by atoms with E-state index in [2.05, 4.69) is 25.6 Å². The third-order valence-electron chi connectivity index (χ3n) is 7.88. The van der Waals surface area contributed by atoms with E-state index >= 15 is 0 Å². The molecule has 0 aliphatic rings. The Morgan fingerprint density at radius 3 is 2.23 bits per heavy atom. The van der Waals surface area contributed by atoms with E-state index in [1.807, 2.05) is 38.1 Å². The molecule has 3 aromatic rings. The van der Waals surface area contributed by atoms with Gasteiger partial charge in [0, 0.05) is 60.1 Å². The summed E-state index contributed by atoms with van der Waals surface area (Å²) in [5.74, 6) is -5.21. The molecule has 0 fully saturated rings. The predicted octanol–water partition coefficient (Wildman–Crippen LogP) is 1.22. The molecule has 0 aliphatic heterocycles. The summed E-state index contributed by atoms with van der Waals surface area (Å²) in [5.41, 5.74) is 12.8. The van der Waals surface area contributed by atoms with Crippen molar-refractivity contribution in [3.8, 4) is 0 Å². The highest BCUT2D eigenvalue weighted by molar-refractivity contribution is 5.96. The number of imidazole rings is 1. The molecule has 13 nitrogen and oxygen atoms in total. The number of primary amides is 2. The molecule has 0 bridgehead atoms. The summed E-state index contributed by atoms with van der Waals surface area (Å²) in [7, 11) is 0. The van der Waals surface area contributed by atoms with Gasteiger partial charge in [0.15, 0.2) is 5.78 Å². The number of carbonyl (C=O) groups is 6. The molecule has 5 atom stereocenters. The second kappa shape index (κ2) is 15.6. The maximum atomic E-state index is 13.9. The number of rotatable bonds is 18. The number of benzene rings is 1. The molecule has 3 rings (SSSR count). The Labute approximate surface area is 255 Å². The van der Waals surface area contributed by atoms with E-state index in [-0.39, 0.29) is 37.4 Å². The SMILES string of the molecule is CC[C@H](C)[C@H](CC(C)=O)C(=O)N[C@@H](Cc1cnc[nH]1)C(=O)C[C@@H](Cc1c[nH]c2ccccc12)C(=O)N[C@@H](CC(N)=O)C(N)=O. The summed E-state index contributed by atoms with van der Waals surface area (Å²) in [6.45, 7) is 5.22. The number of amides is 4. The number of nitrogens with zero attached hydrogens (tertiary/aromatic N) is 1. The van der Waals surface area contributed by atoms with Gasteiger partial charge in [-0.2, -0.15) is 0 Å². The first-order valence-corrected chi connectivity index (χ1v) is 14.6. The highest BCUT2D eigenvalue weighted by atomic mass is 16.2. The normalized spacial score (nSPS) is 14.6. The second-order valence-corrected chi connectivity index (χ2v) is 11.3. The summed E-state index contributed by atoms with van der Waals surface area (Å²) < 4.78 is 0. The van der Waals surface area contributed by atoms with E-state index < -0.39 is 59.8 Å². The van der Waals surface area contributed by atoms with E-state index in [1.165, 1.54) is 19.4 Å². The quantitative estimate of drug-likeness (QED) is 0.124. The minimum absolute atomic E-state index is 0.0335. The fourth-order valence-electron chi connectivity index (χ4n) is 5.21. The second-order valence-electron chi connectivity index (χ2n) is 11.3. The molecule has 2 aromatic heterocycles. The number of hydrogen-bond donors (Lipinski definition) is 6. The number of H-pyrrole nitrogens is 2. The standard InChI is InChI=1S/C31H41N7O6/c1-4-17(2)23(9-18(3)39)31(44)37-25(12-21-15-34-16-36-21)27(40)11-19(30(43)38-26(29(33)42)13-28(32)41)10-20-14-35-24-8-6-5-7-22(20)24/h5-8,14-17,19,23,25-26,35H,4,9-13H2,1-3H3,(H2,32,41)(H2,33,42)(H,34,36)(H,37,44)(H,38,43)/t17-,19+,23-,25-,26-/m0/s1. The van der Waals surface area contributed by atoms with Gasteiger partial charge in [0.05, 0.1) is 18.8 Å². The van der Waals surface area contributed by atoms with Crippen LogP contribution < -0.4 is 22.1 Å². The molecule has 13 heteroatoms. The van der Waals surface area contributed by atoms with Crippen LogP contribution in [-0.4, -0.2) is 62.2 Å². The van der Waals surface area contributed by atoms with Gasteiger partial charge in [-0.1, -0.05) is 38.5 Å². The summed E-state index contributed by atoms with van der Waals surface area (Å²) in [6, 6.07) is 5.06. The first-order valence-electron chi connectivity index (χ1n) is 14.6. The molecule has 0 saturated heterocycles. The Kier molecular flexibility index (Phi) is 11.9. The molecule has 4 amide bonds. The summed E-state index contributed by atoms with van der Waals surface area (Å²) >= 11 is 0. The van der Waals surface area contributed by atoms with Gasteiger partial charge in [-0.3, -0.25) is 24.0 Å². The van der Waals surface area contributed by atoms with Gasteiger partial charge in [-0.25, -0.2) is 4.98 Å². The summed E-state index contributed by atoms with van der Waals surface area (Å²) in [5, 5.41) is 6.17. The smallest absolute Gasteiger partial charge is 0.240 e. The average Bonchev–Trinajstić information content (AvgIpc) is 3.64. The van der Waals surface area contributed by atoms with Crippen molar-refractivity contribution in [2.75, 3.05) is 0 Å². The number of ketones is 2. The van der Waals surface area contributed by atoms with Crippen molar-refractivity contribution in [1.29, 1.82) is 0 Å². The Morgan fingerprint density at radius 1 is 0.909 bits per heavy atom. The van der Waals surface area contributed by atoms with Crippen LogP contribution in [0.15, 0.2) is 43.0 Å². The highest BCUT2D eigenvalue weighted by Gasteiger charge is 2.33. The number of nitrogens with two attached hydrogens (primary N) is 2. The first-order chi connectivity index (χ1) is 20.9. The number of hydrogen-bond acceptors (Lipinski definition) is 7. The third kappa shape index (κ3) is 9.35. The van der Waals surface area contributed by atoms with Gasteiger partial charge in [-0.05, 0) is 30.9 Å². The lowest BCUT2D eigenvalue weighted by molar-refractivity contribution is -0.135. The predicted molar refractivity (Wildman–Crippen MR) is 163 cm³/mol. The monoisotopic (exact) mass is 607 g/mol. The lowest BCUT2D eigenvalue weighted by Gasteiger charge is -2.26. The molecule has 8 N–H and O–H groups in total. The van der Waals surface area contributed by atoms with Gasteiger partial charge in [-0.15, -0.1) is 0 Å². The largest absolute Gasteiger partial charge is 0.370 e. The van der Waals surface area contributed by atoms with Gasteiger partial charge in [0.2, 0.25) is 23.6 Å². The Bertz CT molecular complexity index is 1480. The van der Waals surface area contributed by atoms with Gasteiger partial charge in [0.25, 0.3) is 0 Å². The van der Waals surface area contributed by atoms with E-state index in [4.69, 9.17) is 11.5 Å². The van der Waals surface area contributed by atoms with Crippen molar-refractivity contribution in [1.82, 2.24) is 25.6 Å². The van der Waals surface area contributed by atoms with Crippen LogP contribution in [0, 0.1) is 17.8 Å². The number of nitrogens with one attached hydrogen (secondary N) is 4. The number of aromatic amines is 2. The van der Waals surface area contributed by atoms with Crippen LogP contribution in [0.2, 0.25) is 0 Å². The Hall–Kier alpha value is -4.81. The molecule has 44 heavy (non-hydrogen) atoms. The molecule has 0 saturated carbocycles. The maximum Gasteiger partial charge on any atom is 0.240 e. The van der Waals surface area contributed by atoms with Crippen LogP contribution in [0.5, 0.6) is 0 Å². The maximum absolute atomic E-state index is 13.9. The number of Topliss-reactive ketones (excluding diaryl/α,β-unsaturated/α-hetero) is 2. The fraction of sp³-hybridized carbons (Fsp3) is 0.452. The van der Waals surface area contributed by atoms with Crippen LogP contribution in [0.3, 0.4) is 0 Å². The lowest BCUT2D eigenvalue weighted by Crippen LogP contribution is -2.50. The molecule has 0 spiro atoms. The minimum Gasteiger partial charge on any atom is -0.370 e. The molecule has 0 unspecified atom stereocenters. The number of aromatic nitrogens is 3. The van der Waals surface area contributed by atoms with Crippen molar-refractivity contribution >= 4 is 46.1 Å². The summed E-state index contributed by atoms with van der Waals surface area (Å²) in [6.07, 6.45) is 4.78. The molecule has 0 aliphatic carbocycles.